The second-order valence-electron chi connectivity index (χ2n) is 3.71. The van der Waals surface area contributed by atoms with Gasteiger partial charge in [0.1, 0.15) is 18.1 Å². The lowest BCUT2D eigenvalue weighted by Gasteiger charge is -2.10. The Balaban J connectivity index is 2.39. The summed E-state index contributed by atoms with van der Waals surface area (Å²) in [4.78, 5) is 22.2. The van der Waals surface area contributed by atoms with Crippen LogP contribution in [0.15, 0.2) is 22.7 Å². The lowest BCUT2D eigenvalue weighted by Crippen LogP contribution is -2.44. The smallest absolute Gasteiger partial charge is 0.405 e. The lowest BCUT2D eigenvalue weighted by atomic mass is 10.3. The van der Waals surface area contributed by atoms with Crippen molar-refractivity contribution in [2.45, 2.75) is 6.18 Å². The SMILES string of the molecule is O=C(COc1ccc(F)cc1Br)NC(=O)NCC(F)(F)F. The van der Waals surface area contributed by atoms with Gasteiger partial charge >= 0.3 is 12.2 Å². The van der Waals surface area contributed by atoms with E-state index in [2.05, 4.69) is 15.9 Å². The van der Waals surface area contributed by atoms with Gasteiger partial charge in [-0.2, -0.15) is 13.2 Å². The van der Waals surface area contributed by atoms with Gasteiger partial charge in [0.25, 0.3) is 5.91 Å². The Morgan fingerprint density at radius 3 is 2.52 bits per heavy atom. The molecule has 0 bridgehead atoms. The van der Waals surface area contributed by atoms with E-state index >= 15 is 0 Å². The Labute approximate surface area is 124 Å². The highest BCUT2D eigenvalue weighted by atomic mass is 79.9. The van der Waals surface area contributed by atoms with Crippen molar-refractivity contribution in [2.24, 2.45) is 0 Å². The highest BCUT2D eigenvalue weighted by Gasteiger charge is 2.27. The maximum absolute atomic E-state index is 12.8. The summed E-state index contributed by atoms with van der Waals surface area (Å²) in [5, 5.41) is 3.11. The van der Waals surface area contributed by atoms with Crippen LogP contribution in [0.5, 0.6) is 5.75 Å². The fraction of sp³-hybridized carbons (Fsp3) is 0.273. The van der Waals surface area contributed by atoms with Gasteiger partial charge in [-0.15, -0.1) is 0 Å². The van der Waals surface area contributed by atoms with Crippen molar-refractivity contribution in [3.8, 4) is 5.75 Å². The molecule has 3 amide bonds. The Bertz CT molecular complexity index is 537. The Morgan fingerprint density at radius 1 is 1.29 bits per heavy atom. The second-order valence-corrected chi connectivity index (χ2v) is 4.56. The number of benzene rings is 1. The third-order valence-corrected chi connectivity index (χ3v) is 2.57. The number of carbonyl (C=O) groups excluding carboxylic acids is 2. The molecule has 0 aliphatic rings. The molecule has 0 aliphatic carbocycles. The lowest BCUT2D eigenvalue weighted by molar-refractivity contribution is -0.125. The number of imide groups is 1. The molecule has 10 heteroatoms. The summed E-state index contributed by atoms with van der Waals surface area (Å²) in [6.45, 7) is -2.18. The molecule has 1 rings (SSSR count). The first-order chi connectivity index (χ1) is 9.67. The number of rotatable bonds is 4. The van der Waals surface area contributed by atoms with Crippen LogP contribution in [0, 0.1) is 5.82 Å². The maximum Gasteiger partial charge on any atom is 0.405 e. The number of nitrogens with one attached hydrogen (secondary N) is 2. The predicted molar refractivity (Wildman–Crippen MR) is 67.2 cm³/mol. The van der Waals surface area contributed by atoms with E-state index in [1.807, 2.05) is 0 Å². The van der Waals surface area contributed by atoms with Gasteiger partial charge in [-0.25, -0.2) is 9.18 Å². The molecule has 1 aromatic carbocycles. The molecular formula is C11H9BrF4N2O3. The molecule has 0 saturated heterocycles. The van der Waals surface area contributed by atoms with Crippen LogP contribution in [0.25, 0.3) is 0 Å². The van der Waals surface area contributed by atoms with E-state index < -0.39 is 37.1 Å². The molecule has 21 heavy (non-hydrogen) atoms. The Kier molecular flexibility index (Phi) is 5.94. The number of halogens is 5. The van der Waals surface area contributed by atoms with Crippen molar-refractivity contribution >= 4 is 27.9 Å². The quantitative estimate of drug-likeness (QED) is 0.797. The second kappa shape index (κ2) is 7.25. The van der Waals surface area contributed by atoms with Crippen molar-refractivity contribution in [3.05, 3.63) is 28.5 Å². The molecular weight excluding hydrogens is 364 g/mol. The molecule has 0 saturated carbocycles. The van der Waals surface area contributed by atoms with Gasteiger partial charge in [0, 0.05) is 0 Å². The zero-order chi connectivity index (χ0) is 16.0. The van der Waals surface area contributed by atoms with Gasteiger partial charge in [0.2, 0.25) is 0 Å². The van der Waals surface area contributed by atoms with Crippen LogP contribution in [0.3, 0.4) is 0 Å². The highest BCUT2D eigenvalue weighted by molar-refractivity contribution is 9.10. The molecule has 1 aromatic rings. The average molecular weight is 373 g/mol. The van der Waals surface area contributed by atoms with Crippen LogP contribution >= 0.6 is 15.9 Å². The van der Waals surface area contributed by atoms with Gasteiger partial charge in [0.15, 0.2) is 6.61 Å². The molecule has 0 aliphatic heterocycles. The van der Waals surface area contributed by atoms with Crippen molar-refractivity contribution in [3.63, 3.8) is 0 Å². The van der Waals surface area contributed by atoms with Crippen molar-refractivity contribution in [1.29, 1.82) is 0 Å². The average Bonchev–Trinajstić information content (AvgIpc) is 2.34. The molecule has 0 fully saturated rings. The van der Waals surface area contributed by atoms with E-state index in [0.717, 1.165) is 12.1 Å². The summed E-state index contributed by atoms with van der Waals surface area (Å²) in [7, 11) is 0. The number of hydrogen-bond acceptors (Lipinski definition) is 3. The normalized spacial score (nSPS) is 10.9. The van der Waals surface area contributed by atoms with Crippen LogP contribution in [-0.2, 0) is 4.79 Å². The van der Waals surface area contributed by atoms with E-state index in [0.29, 0.717) is 0 Å². The standard InChI is InChI=1S/C11H9BrF4N2O3/c12-7-3-6(13)1-2-8(7)21-4-9(19)18-10(20)17-5-11(14,15)16/h1-3H,4-5H2,(H2,17,18,19,20). The van der Waals surface area contributed by atoms with Crippen LogP contribution in [0.1, 0.15) is 0 Å². The van der Waals surface area contributed by atoms with Crippen LogP contribution < -0.4 is 15.4 Å². The summed E-state index contributed by atoms with van der Waals surface area (Å²) >= 11 is 2.99. The van der Waals surface area contributed by atoms with Crippen molar-refractivity contribution in [2.75, 3.05) is 13.2 Å². The van der Waals surface area contributed by atoms with Gasteiger partial charge in [-0.05, 0) is 34.1 Å². The molecule has 0 atom stereocenters. The van der Waals surface area contributed by atoms with Crippen LogP contribution in [0.4, 0.5) is 22.4 Å². The number of urea groups is 1. The minimum atomic E-state index is -4.57. The van der Waals surface area contributed by atoms with E-state index in [1.165, 1.54) is 11.4 Å². The minimum absolute atomic E-state index is 0.141. The topological polar surface area (TPSA) is 67.4 Å². The number of carbonyl (C=O) groups is 2. The summed E-state index contributed by atoms with van der Waals surface area (Å²) < 4.78 is 53.4. The Hall–Kier alpha value is -1.84. The first-order valence-corrected chi connectivity index (χ1v) is 6.19. The van der Waals surface area contributed by atoms with E-state index in [9.17, 15) is 27.2 Å². The third kappa shape index (κ3) is 6.93. The monoisotopic (exact) mass is 372 g/mol. The fourth-order valence-electron chi connectivity index (χ4n) is 1.12. The highest BCUT2D eigenvalue weighted by Crippen LogP contribution is 2.25. The fourth-order valence-corrected chi connectivity index (χ4v) is 1.59. The summed E-state index contributed by atoms with van der Waals surface area (Å²) in [6, 6.07) is 2.15. The molecule has 116 valence electrons. The molecule has 0 heterocycles. The molecule has 0 unspecified atom stereocenters. The van der Waals surface area contributed by atoms with Crippen LogP contribution in [0.2, 0.25) is 0 Å². The number of ether oxygens (including phenoxy) is 1. The predicted octanol–water partition coefficient (Wildman–Crippen LogP) is 2.36. The molecule has 2 N–H and O–H groups in total. The van der Waals surface area contributed by atoms with Gasteiger partial charge in [-0.1, -0.05) is 0 Å². The Morgan fingerprint density at radius 2 is 1.95 bits per heavy atom. The number of hydrogen-bond donors (Lipinski definition) is 2. The maximum atomic E-state index is 12.8. The molecule has 0 radical (unpaired) electrons. The first-order valence-electron chi connectivity index (χ1n) is 5.39. The van der Waals surface area contributed by atoms with Gasteiger partial charge < -0.3 is 10.1 Å². The number of amides is 3. The van der Waals surface area contributed by atoms with E-state index in [4.69, 9.17) is 4.74 Å². The largest absolute Gasteiger partial charge is 0.483 e. The third-order valence-electron chi connectivity index (χ3n) is 1.96. The summed E-state index contributed by atoms with van der Waals surface area (Å²) in [6.07, 6.45) is -4.57. The molecule has 5 nitrogen and oxygen atoms in total. The molecule has 0 spiro atoms. The van der Waals surface area contributed by atoms with Gasteiger partial charge in [0.05, 0.1) is 4.47 Å². The van der Waals surface area contributed by atoms with Gasteiger partial charge in [-0.3, -0.25) is 10.1 Å². The van der Waals surface area contributed by atoms with Crippen molar-refractivity contribution in [1.82, 2.24) is 10.6 Å². The molecule has 0 aromatic heterocycles. The zero-order valence-corrected chi connectivity index (χ0v) is 11.8. The number of alkyl halides is 3. The first kappa shape index (κ1) is 17.2. The summed E-state index contributed by atoms with van der Waals surface area (Å²) in [5.41, 5.74) is 0. The minimum Gasteiger partial charge on any atom is -0.483 e. The van der Waals surface area contributed by atoms with Crippen molar-refractivity contribution < 1.29 is 31.9 Å². The summed E-state index contributed by atoms with van der Waals surface area (Å²) in [5.74, 6) is -1.33. The van der Waals surface area contributed by atoms with Crippen LogP contribution in [-0.4, -0.2) is 31.3 Å². The van der Waals surface area contributed by atoms with E-state index in [-0.39, 0.29) is 10.2 Å². The zero-order valence-electron chi connectivity index (χ0n) is 10.3. The van der Waals surface area contributed by atoms with E-state index in [1.54, 1.807) is 5.32 Å².